The molecule has 0 saturated carbocycles. The van der Waals surface area contributed by atoms with Crippen LogP contribution in [0.1, 0.15) is 15.9 Å². The van der Waals surface area contributed by atoms with Gasteiger partial charge in [-0.05, 0) is 30.2 Å². The molecule has 1 heterocycles. The normalized spacial score (nSPS) is 10.7. The van der Waals surface area contributed by atoms with Crippen molar-refractivity contribution in [2.24, 2.45) is 0 Å². The smallest absolute Gasteiger partial charge is 0.292 e. The van der Waals surface area contributed by atoms with Crippen molar-refractivity contribution in [3.8, 4) is 11.5 Å². The molecule has 4 N–H and O–H groups in total. The first-order chi connectivity index (χ1) is 11.6. The van der Waals surface area contributed by atoms with E-state index in [1.165, 1.54) is 18.3 Å². The van der Waals surface area contributed by atoms with Gasteiger partial charge in [-0.3, -0.25) is 9.59 Å². The van der Waals surface area contributed by atoms with Gasteiger partial charge in [-0.15, -0.1) is 0 Å². The maximum Gasteiger partial charge on any atom is 0.292 e. The van der Waals surface area contributed by atoms with E-state index in [1.807, 2.05) is 18.2 Å². The number of aromatic nitrogens is 1. The van der Waals surface area contributed by atoms with Gasteiger partial charge in [0.15, 0.2) is 11.5 Å². The largest absolute Gasteiger partial charge is 0.504 e. The number of H-pyrrole nitrogens is 1. The number of phenolic OH excluding ortho intramolecular Hbond substituents is 2. The number of para-hydroxylation sites is 1. The average molecular weight is 324 g/mol. The van der Waals surface area contributed by atoms with Gasteiger partial charge in [0.2, 0.25) is 0 Å². The lowest BCUT2D eigenvalue weighted by atomic mass is 10.1. The lowest BCUT2D eigenvalue weighted by molar-refractivity contribution is -0.116. The minimum atomic E-state index is -0.678. The van der Waals surface area contributed by atoms with Gasteiger partial charge in [-0.1, -0.05) is 24.3 Å². The molecule has 3 rings (SSSR count). The third-order valence-corrected chi connectivity index (χ3v) is 3.78. The standard InChI is InChI=1S/C18H16N2O4/c21-15-6-5-11(9-16(15)22)7-8-19-18(24)17(23)13-10-20-14-4-2-1-3-12(13)14/h1-6,9-10,20-22H,7-8H2,(H,19,24). The van der Waals surface area contributed by atoms with Crippen molar-refractivity contribution in [2.75, 3.05) is 6.54 Å². The number of Topliss-reactive ketones (excluding diaryl/α,β-unsaturated/α-hetero) is 1. The maximum absolute atomic E-state index is 12.3. The Morgan fingerprint density at radius 2 is 1.83 bits per heavy atom. The lowest BCUT2D eigenvalue weighted by Gasteiger charge is -2.05. The van der Waals surface area contributed by atoms with E-state index in [-0.39, 0.29) is 18.0 Å². The minimum absolute atomic E-state index is 0.197. The molecule has 0 fully saturated rings. The molecule has 6 nitrogen and oxygen atoms in total. The number of aromatic hydroxyl groups is 2. The zero-order valence-electron chi connectivity index (χ0n) is 12.7. The van der Waals surface area contributed by atoms with E-state index in [0.29, 0.717) is 17.4 Å². The Morgan fingerprint density at radius 3 is 2.62 bits per heavy atom. The van der Waals surface area contributed by atoms with Crippen LogP contribution in [0.2, 0.25) is 0 Å². The number of nitrogens with one attached hydrogen (secondary N) is 2. The highest BCUT2D eigenvalue weighted by atomic mass is 16.3. The summed E-state index contributed by atoms with van der Waals surface area (Å²) in [5, 5.41) is 22.0. The van der Waals surface area contributed by atoms with E-state index in [9.17, 15) is 19.8 Å². The highest BCUT2D eigenvalue weighted by Crippen LogP contribution is 2.24. The Bertz CT molecular complexity index is 914. The van der Waals surface area contributed by atoms with Crippen molar-refractivity contribution in [2.45, 2.75) is 6.42 Å². The number of carbonyl (C=O) groups is 2. The van der Waals surface area contributed by atoms with Crippen molar-refractivity contribution < 1.29 is 19.8 Å². The molecule has 0 spiro atoms. The number of hydrogen-bond donors (Lipinski definition) is 4. The van der Waals surface area contributed by atoms with Crippen LogP contribution in [0.5, 0.6) is 11.5 Å². The summed E-state index contributed by atoms with van der Waals surface area (Å²) in [5.41, 5.74) is 1.88. The maximum atomic E-state index is 12.3. The predicted octanol–water partition coefficient (Wildman–Crippen LogP) is 2.12. The number of phenols is 2. The van der Waals surface area contributed by atoms with Gasteiger partial charge < -0.3 is 20.5 Å². The van der Waals surface area contributed by atoms with E-state index < -0.39 is 11.7 Å². The van der Waals surface area contributed by atoms with Crippen molar-refractivity contribution in [3.05, 3.63) is 59.8 Å². The minimum Gasteiger partial charge on any atom is -0.504 e. The number of carbonyl (C=O) groups excluding carboxylic acids is 2. The van der Waals surface area contributed by atoms with Gasteiger partial charge >= 0.3 is 0 Å². The molecule has 3 aromatic rings. The van der Waals surface area contributed by atoms with Gasteiger partial charge in [-0.25, -0.2) is 0 Å². The van der Waals surface area contributed by atoms with Gasteiger partial charge in [0.25, 0.3) is 11.7 Å². The molecular weight excluding hydrogens is 308 g/mol. The summed E-state index contributed by atoms with van der Waals surface area (Å²) in [6, 6.07) is 11.7. The molecule has 1 amide bonds. The Hall–Kier alpha value is -3.28. The fraction of sp³-hybridized carbons (Fsp3) is 0.111. The monoisotopic (exact) mass is 324 g/mol. The zero-order valence-corrected chi connectivity index (χ0v) is 12.7. The van der Waals surface area contributed by atoms with E-state index in [4.69, 9.17) is 0 Å². The predicted molar refractivity (Wildman–Crippen MR) is 89.1 cm³/mol. The fourth-order valence-electron chi connectivity index (χ4n) is 2.51. The van der Waals surface area contributed by atoms with E-state index in [0.717, 1.165) is 11.1 Å². The molecule has 0 bridgehead atoms. The van der Waals surface area contributed by atoms with Crippen LogP contribution in [0.25, 0.3) is 10.9 Å². The first kappa shape index (κ1) is 15.6. The zero-order chi connectivity index (χ0) is 17.1. The van der Waals surface area contributed by atoms with Crippen LogP contribution in [-0.2, 0) is 11.2 Å². The number of benzene rings is 2. The summed E-state index contributed by atoms with van der Waals surface area (Å²) < 4.78 is 0. The number of rotatable bonds is 5. The summed E-state index contributed by atoms with van der Waals surface area (Å²) in [6.45, 7) is 0.247. The second-order valence-corrected chi connectivity index (χ2v) is 5.41. The molecule has 2 aromatic carbocycles. The highest BCUT2D eigenvalue weighted by molar-refractivity contribution is 6.44. The van der Waals surface area contributed by atoms with Crippen LogP contribution >= 0.6 is 0 Å². The van der Waals surface area contributed by atoms with Crippen molar-refractivity contribution >= 4 is 22.6 Å². The molecule has 24 heavy (non-hydrogen) atoms. The number of fused-ring (bicyclic) bond motifs is 1. The third-order valence-electron chi connectivity index (χ3n) is 3.78. The van der Waals surface area contributed by atoms with E-state index >= 15 is 0 Å². The summed E-state index contributed by atoms with van der Waals surface area (Å²) in [7, 11) is 0. The number of ketones is 1. The second-order valence-electron chi connectivity index (χ2n) is 5.41. The van der Waals surface area contributed by atoms with E-state index in [2.05, 4.69) is 10.3 Å². The second kappa shape index (κ2) is 6.45. The Kier molecular flexibility index (Phi) is 4.20. The fourth-order valence-corrected chi connectivity index (χ4v) is 2.51. The van der Waals surface area contributed by atoms with Crippen LogP contribution in [0.4, 0.5) is 0 Å². The summed E-state index contributed by atoms with van der Waals surface area (Å²) in [6.07, 6.45) is 1.96. The molecule has 0 aliphatic heterocycles. The summed E-state index contributed by atoms with van der Waals surface area (Å²) in [5.74, 6) is -1.69. The first-order valence-electron chi connectivity index (χ1n) is 7.46. The van der Waals surface area contributed by atoms with Gasteiger partial charge in [-0.2, -0.15) is 0 Å². The number of amides is 1. The Morgan fingerprint density at radius 1 is 1.04 bits per heavy atom. The number of hydrogen-bond acceptors (Lipinski definition) is 4. The summed E-state index contributed by atoms with van der Waals surface area (Å²) >= 11 is 0. The van der Waals surface area contributed by atoms with Gasteiger partial charge in [0.1, 0.15) is 0 Å². The molecule has 0 unspecified atom stereocenters. The molecular formula is C18H16N2O4. The van der Waals surface area contributed by atoms with E-state index in [1.54, 1.807) is 12.1 Å². The van der Waals surface area contributed by atoms with Gasteiger partial charge in [0, 0.05) is 23.6 Å². The molecule has 122 valence electrons. The quantitative estimate of drug-likeness (QED) is 0.328. The number of aromatic amines is 1. The third kappa shape index (κ3) is 3.08. The van der Waals surface area contributed by atoms with Crippen LogP contribution in [0, 0.1) is 0 Å². The lowest BCUT2D eigenvalue weighted by Crippen LogP contribution is -2.32. The molecule has 0 radical (unpaired) electrons. The van der Waals surface area contributed by atoms with Crippen LogP contribution in [0.15, 0.2) is 48.7 Å². The van der Waals surface area contributed by atoms with Crippen molar-refractivity contribution in [3.63, 3.8) is 0 Å². The molecule has 0 atom stereocenters. The molecule has 0 saturated heterocycles. The highest BCUT2D eigenvalue weighted by Gasteiger charge is 2.19. The SMILES string of the molecule is O=C(NCCc1ccc(O)c(O)c1)C(=O)c1c[nH]c2ccccc12. The van der Waals surface area contributed by atoms with Crippen LogP contribution in [-0.4, -0.2) is 33.4 Å². The summed E-state index contributed by atoms with van der Waals surface area (Å²) in [4.78, 5) is 27.3. The first-order valence-corrected chi connectivity index (χ1v) is 7.46. The van der Waals surface area contributed by atoms with Crippen molar-refractivity contribution in [1.82, 2.24) is 10.3 Å². The van der Waals surface area contributed by atoms with Crippen LogP contribution in [0.3, 0.4) is 0 Å². The molecule has 6 heteroatoms. The Balaban J connectivity index is 1.62. The molecule has 0 aliphatic carbocycles. The molecule has 0 aliphatic rings. The van der Waals surface area contributed by atoms with Crippen molar-refractivity contribution in [1.29, 1.82) is 0 Å². The topological polar surface area (TPSA) is 102 Å². The van der Waals surface area contributed by atoms with Crippen LogP contribution < -0.4 is 5.32 Å². The van der Waals surface area contributed by atoms with Gasteiger partial charge in [0.05, 0.1) is 5.56 Å². The Labute approximate surface area is 137 Å². The molecule has 1 aromatic heterocycles. The average Bonchev–Trinajstić information content (AvgIpc) is 3.01.